The van der Waals surface area contributed by atoms with Gasteiger partial charge in [0.2, 0.25) is 0 Å². The van der Waals surface area contributed by atoms with Crippen LogP contribution in [0.3, 0.4) is 0 Å². The monoisotopic (exact) mass is 427 g/mol. The van der Waals surface area contributed by atoms with E-state index < -0.39 is 23.8 Å². The zero-order chi connectivity index (χ0) is 22.6. The van der Waals surface area contributed by atoms with E-state index in [2.05, 4.69) is 0 Å². The number of aliphatic hydroxyl groups excluding tert-OH is 1. The van der Waals surface area contributed by atoms with Crippen LogP contribution in [0.1, 0.15) is 33.9 Å². The second-order valence-corrected chi connectivity index (χ2v) is 7.52. The highest BCUT2D eigenvalue weighted by molar-refractivity contribution is 5.97. The molecule has 0 fully saturated rings. The molecule has 0 spiro atoms. The zero-order valence-corrected chi connectivity index (χ0v) is 17.4. The summed E-state index contributed by atoms with van der Waals surface area (Å²) in [5.74, 6) is -0.485. The molecule has 31 heavy (non-hydrogen) atoms. The molecular weight excluding hydrogens is 403 g/mol. The van der Waals surface area contributed by atoms with E-state index in [0.717, 1.165) is 23.3 Å². The molecule has 3 aromatic rings. The summed E-state index contributed by atoms with van der Waals surface area (Å²) in [5, 5.41) is 10.7. The Kier molecular flexibility index (Phi) is 6.81. The normalized spacial score (nSPS) is 12.5. The van der Waals surface area contributed by atoms with E-state index in [1.54, 1.807) is 30.3 Å². The molecule has 162 valence electrons. The molecule has 0 bridgehead atoms. The SMILES string of the molecule is Cc1ccc(N(CCc2ccc(C(F)(F)F)cc2)C(=O)[C@@H](O)c2ccccc2)cc1C. The first-order valence-electron chi connectivity index (χ1n) is 9.94. The number of carbonyl (C=O) groups is 1. The molecule has 3 aromatic carbocycles. The minimum absolute atomic E-state index is 0.219. The van der Waals surface area contributed by atoms with Crippen molar-refractivity contribution < 1.29 is 23.1 Å². The van der Waals surface area contributed by atoms with Crippen molar-refractivity contribution in [2.75, 3.05) is 11.4 Å². The number of aliphatic hydroxyl groups is 1. The third-order valence-corrected chi connectivity index (χ3v) is 5.32. The lowest BCUT2D eigenvalue weighted by Gasteiger charge is -2.26. The number of alkyl halides is 3. The molecule has 3 rings (SSSR count). The number of hydrogen-bond acceptors (Lipinski definition) is 2. The maximum absolute atomic E-state index is 13.2. The second kappa shape index (κ2) is 9.35. The van der Waals surface area contributed by atoms with Crippen LogP contribution in [-0.2, 0) is 17.4 Å². The number of aryl methyl sites for hydroxylation is 2. The first-order chi connectivity index (χ1) is 14.7. The van der Waals surface area contributed by atoms with E-state index in [-0.39, 0.29) is 6.54 Å². The summed E-state index contributed by atoms with van der Waals surface area (Å²) in [6.07, 6.45) is -5.38. The lowest BCUT2D eigenvalue weighted by molar-refractivity contribution is -0.137. The first kappa shape index (κ1) is 22.6. The smallest absolute Gasteiger partial charge is 0.378 e. The lowest BCUT2D eigenvalue weighted by atomic mass is 10.0. The molecule has 0 aliphatic carbocycles. The molecule has 1 atom stereocenters. The lowest BCUT2D eigenvalue weighted by Crippen LogP contribution is -2.37. The van der Waals surface area contributed by atoms with E-state index in [1.807, 2.05) is 32.0 Å². The van der Waals surface area contributed by atoms with Crippen LogP contribution < -0.4 is 4.90 Å². The molecule has 6 heteroatoms. The van der Waals surface area contributed by atoms with Crippen molar-refractivity contribution in [3.8, 4) is 0 Å². The van der Waals surface area contributed by atoms with Gasteiger partial charge in [0, 0.05) is 12.2 Å². The summed E-state index contributed by atoms with van der Waals surface area (Å²) in [6.45, 7) is 4.12. The van der Waals surface area contributed by atoms with Crippen molar-refractivity contribution in [3.63, 3.8) is 0 Å². The second-order valence-electron chi connectivity index (χ2n) is 7.52. The summed E-state index contributed by atoms with van der Waals surface area (Å²) in [5.41, 5.74) is 3.15. The third-order valence-electron chi connectivity index (χ3n) is 5.32. The van der Waals surface area contributed by atoms with Crippen LogP contribution in [0.2, 0.25) is 0 Å². The van der Waals surface area contributed by atoms with E-state index in [4.69, 9.17) is 0 Å². The number of carbonyl (C=O) groups excluding carboxylic acids is 1. The van der Waals surface area contributed by atoms with E-state index in [1.165, 1.54) is 17.0 Å². The van der Waals surface area contributed by atoms with Crippen LogP contribution in [0.5, 0.6) is 0 Å². The number of rotatable bonds is 6. The maximum atomic E-state index is 13.2. The van der Waals surface area contributed by atoms with Crippen molar-refractivity contribution in [3.05, 3.63) is 101 Å². The minimum atomic E-state index is -4.39. The Hall–Kier alpha value is -3.12. The standard InChI is InChI=1S/C25H24F3NO2/c1-17-8-13-22(16-18(17)2)29(24(31)23(30)20-6-4-3-5-7-20)15-14-19-9-11-21(12-10-19)25(26,27)28/h3-13,16,23,30H,14-15H2,1-2H3/t23-/m0/s1. The molecule has 3 nitrogen and oxygen atoms in total. The minimum Gasteiger partial charge on any atom is -0.378 e. The number of anilines is 1. The molecular formula is C25H24F3NO2. The van der Waals surface area contributed by atoms with Crippen molar-refractivity contribution in [1.82, 2.24) is 0 Å². The Bertz CT molecular complexity index is 1030. The summed E-state index contributed by atoms with van der Waals surface area (Å²) in [4.78, 5) is 14.7. The summed E-state index contributed by atoms with van der Waals surface area (Å²) in [6, 6.07) is 19.1. The number of amides is 1. The van der Waals surface area contributed by atoms with Gasteiger partial charge in [-0.15, -0.1) is 0 Å². The van der Waals surface area contributed by atoms with Crippen LogP contribution in [0.4, 0.5) is 18.9 Å². The average Bonchev–Trinajstić information content (AvgIpc) is 2.76. The van der Waals surface area contributed by atoms with Crippen molar-refractivity contribution >= 4 is 11.6 Å². The van der Waals surface area contributed by atoms with Crippen molar-refractivity contribution in [2.24, 2.45) is 0 Å². The Morgan fingerprint density at radius 1 is 0.935 bits per heavy atom. The average molecular weight is 427 g/mol. The van der Waals surface area contributed by atoms with E-state index in [9.17, 15) is 23.1 Å². The van der Waals surface area contributed by atoms with E-state index >= 15 is 0 Å². The highest BCUT2D eigenvalue weighted by Gasteiger charge is 2.30. The van der Waals surface area contributed by atoms with Gasteiger partial charge in [-0.3, -0.25) is 4.79 Å². The van der Waals surface area contributed by atoms with Crippen LogP contribution in [0.25, 0.3) is 0 Å². The molecule has 0 unspecified atom stereocenters. The highest BCUT2D eigenvalue weighted by atomic mass is 19.4. The molecule has 0 aliphatic rings. The number of benzene rings is 3. The Morgan fingerprint density at radius 2 is 1.58 bits per heavy atom. The molecule has 0 radical (unpaired) electrons. The predicted octanol–water partition coefficient (Wildman–Crippen LogP) is 5.63. The van der Waals surface area contributed by atoms with Gasteiger partial charge in [-0.05, 0) is 66.8 Å². The van der Waals surface area contributed by atoms with Gasteiger partial charge in [0.05, 0.1) is 5.56 Å². The number of nitrogens with zero attached hydrogens (tertiary/aromatic N) is 1. The molecule has 0 saturated carbocycles. The fraction of sp³-hybridized carbons (Fsp3) is 0.240. The maximum Gasteiger partial charge on any atom is 0.416 e. The molecule has 1 amide bonds. The highest BCUT2D eigenvalue weighted by Crippen LogP contribution is 2.29. The third kappa shape index (κ3) is 5.52. The van der Waals surface area contributed by atoms with Crippen LogP contribution >= 0.6 is 0 Å². The van der Waals surface area contributed by atoms with Gasteiger partial charge < -0.3 is 10.0 Å². The Labute approximate surface area is 179 Å². The van der Waals surface area contributed by atoms with Gasteiger partial charge in [-0.1, -0.05) is 48.5 Å². The van der Waals surface area contributed by atoms with Gasteiger partial charge in [-0.2, -0.15) is 13.2 Å². The fourth-order valence-electron chi connectivity index (χ4n) is 3.29. The van der Waals surface area contributed by atoms with Crippen molar-refractivity contribution in [1.29, 1.82) is 0 Å². The molecule has 0 saturated heterocycles. The van der Waals surface area contributed by atoms with E-state index in [0.29, 0.717) is 23.2 Å². The number of hydrogen-bond donors (Lipinski definition) is 1. The fourth-order valence-corrected chi connectivity index (χ4v) is 3.29. The Balaban J connectivity index is 1.85. The topological polar surface area (TPSA) is 40.5 Å². The van der Waals surface area contributed by atoms with Gasteiger partial charge in [0.15, 0.2) is 6.10 Å². The molecule has 0 aromatic heterocycles. The molecule has 1 N–H and O–H groups in total. The van der Waals surface area contributed by atoms with Crippen LogP contribution in [0.15, 0.2) is 72.8 Å². The summed E-state index contributed by atoms with van der Waals surface area (Å²) < 4.78 is 38.4. The predicted molar refractivity (Wildman–Crippen MR) is 115 cm³/mol. The van der Waals surface area contributed by atoms with Crippen LogP contribution in [0, 0.1) is 13.8 Å². The zero-order valence-electron chi connectivity index (χ0n) is 17.4. The quantitative estimate of drug-likeness (QED) is 0.554. The summed E-state index contributed by atoms with van der Waals surface area (Å²) >= 11 is 0. The van der Waals surface area contributed by atoms with Gasteiger partial charge in [0.1, 0.15) is 0 Å². The van der Waals surface area contributed by atoms with Crippen LogP contribution in [-0.4, -0.2) is 17.6 Å². The molecule has 0 aliphatic heterocycles. The Morgan fingerprint density at radius 3 is 2.16 bits per heavy atom. The van der Waals surface area contributed by atoms with Gasteiger partial charge in [0.25, 0.3) is 5.91 Å². The van der Waals surface area contributed by atoms with Gasteiger partial charge >= 0.3 is 6.18 Å². The molecule has 0 heterocycles. The largest absolute Gasteiger partial charge is 0.416 e. The number of halogens is 3. The van der Waals surface area contributed by atoms with Crippen molar-refractivity contribution in [2.45, 2.75) is 32.5 Å². The van der Waals surface area contributed by atoms with Gasteiger partial charge in [-0.25, -0.2) is 0 Å². The first-order valence-corrected chi connectivity index (χ1v) is 9.94. The summed E-state index contributed by atoms with van der Waals surface area (Å²) in [7, 11) is 0.